The van der Waals surface area contributed by atoms with Gasteiger partial charge in [0.2, 0.25) is 17.7 Å². The summed E-state index contributed by atoms with van der Waals surface area (Å²) in [6, 6.07) is 13.9. The minimum Gasteiger partial charge on any atom is -0.480 e. The lowest BCUT2D eigenvalue weighted by molar-refractivity contribution is -0.143. The van der Waals surface area contributed by atoms with Crippen LogP contribution in [0.2, 0.25) is 0 Å². The summed E-state index contributed by atoms with van der Waals surface area (Å²) in [5, 5.41) is 18.0. The van der Waals surface area contributed by atoms with Gasteiger partial charge in [-0.15, -0.1) is 0 Å². The van der Waals surface area contributed by atoms with Gasteiger partial charge in [0, 0.05) is 5.92 Å². The average molecular weight is 527 g/mol. The van der Waals surface area contributed by atoms with Gasteiger partial charge in [-0.3, -0.25) is 14.4 Å². The van der Waals surface area contributed by atoms with Crippen molar-refractivity contribution in [2.24, 2.45) is 0 Å². The quantitative estimate of drug-likeness (QED) is 0.199. The number of hydrogen-bond donors (Lipinski definition) is 5. The van der Waals surface area contributed by atoms with Gasteiger partial charge >= 0.3 is 12.1 Å². The zero-order valence-electron chi connectivity index (χ0n) is 21.0. The Kier molecular flexibility index (Phi) is 9.77. The van der Waals surface area contributed by atoms with Crippen LogP contribution in [0.4, 0.5) is 4.79 Å². The molecule has 0 radical (unpaired) electrons. The number of benzene rings is 2. The fourth-order valence-corrected chi connectivity index (χ4v) is 3.94. The molecule has 5 N–H and O–H groups in total. The van der Waals surface area contributed by atoms with Crippen LogP contribution >= 0.6 is 0 Å². The largest absolute Gasteiger partial charge is 0.480 e. The van der Waals surface area contributed by atoms with Gasteiger partial charge in [-0.2, -0.15) is 0 Å². The summed E-state index contributed by atoms with van der Waals surface area (Å²) in [7, 11) is 0. The van der Waals surface area contributed by atoms with E-state index in [9.17, 15) is 24.0 Å². The molecule has 0 heterocycles. The highest BCUT2D eigenvalue weighted by Gasteiger charge is 2.29. The maximum Gasteiger partial charge on any atom is 0.407 e. The van der Waals surface area contributed by atoms with E-state index >= 15 is 0 Å². The van der Waals surface area contributed by atoms with Crippen LogP contribution in [0.25, 0.3) is 11.1 Å². The van der Waals surface area contributed by atoms with Crippen molar-refractivity contribution in [3.63, 3.8) is 0 Å². The first-order valence-electron chi connectivity index (χ1n) is 11.9. The lowest BCUT2D eigenvalue weighted by Crippen LogP contribution is -2.52. The van der Waals surface area contributed by atoms with Crippen LogP contribution in [0.15, 0.2) is 48.5 Å². The van der Waals surface area contributed by atoms with Crippen LogP contribution in [0, 0.1) is 0 Å². The highest BCUT2D eigenvalue weighted by atomic mass is 16.5. The van der Waals surface area contributed by atoms with Crippen molar-refractivity contribution in [1.29, 1.82) is 0 Å². The monoisotopic (exact) mass is 526 g/mol. The first kappa shape index (κ1) is 28.1. The molecule has 12 nitrogen and oxygen atoms in total. The molecular weight excluding hydrogens is 496 g/mol. The number of hydrogen-bond acceptors (Lipinski definition) is 7. The van der Waals surface area contributed by atoms with E-state index in [0.29, 0.717) is 0 Å². The zero-order chi connectivity index (χ0) is 27.7. The first-order chi connectivity index (χ1) is 18.2. The van der Waals surface area contributed by atoms with E-state index in [1.165, 1.54) is 13.8 Å². The van der Waals surface area contributed by atoms with Crippen LogP contribution in [0.1, 0.15) is 30.9 Å². The van der Waals surface area contributed by atoms with Crippen molar-refractivity contribution in [3.05, 3.63) is 59.7 Å². The van der Waals surface area contributed by atoms with E-state index in [1.807, 2.05) is 48.5 Å². The van der Waals surface area contributed by atoms with Crippen molar-refractivity contribution in [1.82, 2.24) is 21.3 Å². The number of amides is 4. The van der Waals surface area contributed by atoms with Crippen LogP contribution in [0.3, 0.4) is 0 Å². The third kappa shape index (κ3) is 7.53. The second-order valence-corrected chi connectivity index (χ2v) is 8.63. The van der Waals surface area contributed by atoms with Crippen LogP contribution < -0.4 is 21.3 Å². The molecule has 0 unspecified atom stereocenters. The van der Waals surface area contributed by atoms with E-state index in [2.05, 4.69) is 26.0 Å². The summed E-state index contributed by atoms with van der Waals surface area (Å²) in [5.74, 6) is -3.16. The summed E-state index contributed by atoms with van der Waals surface area (Å²) >= 11 is 0. The molecular formula is C26H30N4O8. The SMILES string of the molecule is C[C@H](NC(=O)OCC1c2ccccc2-c2ccccc21)C(=O)N[C@@H](C)C(=O)NCC(=O)NCOCC(=O)O. The lowest BCUT2D eigenvalue weighted by Gasteiger charge is -2.19. The number of aliphatic carboxylic acids is 1. The number of ether oxygens (including phenoxy) is 2. The smallest absolute Gasteiger partial charge is 0.407 e. The predicted molar refractivity (Wildman–Crippen MR) is 135 cm³/mol. The number of alkyl carbamates (subject to hydrolysis) is 1. The number of rotatable bonds is 12. The molecule has 0 saturated carbocycles. The number of fused-ring (bicyclic) bond motifs is 3. The summed E-state index contributed by atoms with van der Waals surface area (Å²) in [6.45, 7) is 1.66. The zero-order valence-corrected chi connectivity index (χ0v) is 21.0. The molecule has 12 heteroatoms. The Morgan fingerprint density at radius 3 is 2.03 bits per heavy atom. The molecule has 2 aromatic carbocycles. The number of carbonyl (C=O) groups excluding carboxylic acids is 4. The van der Waals surface area contributed by atoms with Gasteiger partial charge in [0.05, 0.1) is 6.54 Å². The highest BCUT2D eigenvalue weighted by Crippen LogP contribution is 2.44. The molecule has 0 spiro atoms. The summed E-state index contributed by atoms with van der Waals surface area (Å²) in [6.07, 6.45) is -0.770. The Hall–Kier alpha value is -4.45. The van der Waals surface area contributed by atoms with Crippen LogP contribution in [-0.4, -0.2) is 73.5 Å². The van der Waals surface area contributed by atoms with Crippen LogP contribution in [-0.2, 0) is 28.7 Å². The van der Waals surface area contributed by atoms with E-state index in [-0.39, 0.29) is 19.3 Å². The molecule has 202 valence electrons. The molecule has 1 aliphatic rings. The van der Waals surface area contributed by atoms with Crippen molar-refractivity contribution < 1.29 is 38.6 Å². The van der Waals surface area contributed by atoms with E-state index < -0.39 is 55.0 Å². The fraction of sp³-hybridized carbons (Fsp3) is 0.346. The van der Waals surface area contributed by atoms with Crippen molar-refractivity contribution in [2.75, 3.05) is 26.5 Å². The molecule has 0 aromatic heterocycles. The Bertz CT molecular complexity index is 1160. The molecule has 1 aliphatic carbocycles. The minimum absolute atomic E-state index is 0.0937. The molecule has 0 bridgehead atoms. The maximum atomic E-state index is 12.4. The maximum absolute atomic E-state index is 12.4. The summed E-state index contributed by atoms with van der Waals surface area (Å²) in [4.78, 5) is 59.0. The molecule has 0 saturated heterocycles. The minimum atomic E-state index is -1.18. The Balaban J connectivity index is 1.40. The van der Waals surface area contributed by atoms with Gasteiger partial charge in [-0.1, -0.05) is 48.5 Å². The Labute approximate surface area is 219 Å². The van der Waals surface area contributed by atoms with Gasteiger partial charge in [0.25, 0.3) is 0 Å². The summed E-state index contributed by atoms with van der Waals surface area (Å²) < 4.78 is 10.1. The second kappa shape index (κ2) is 13.2. The Morgan fingerprint density at radius 2 is 1.42 bits per heavy atom. The third-order valence-electron chi connectivity index (χ3n) is 5.84. The van der Waals surface area contributed by atoms with Gasteiger partial charge < -0.3 is 35.8 Å². The average Bonchev–Trinajstić information content (AvgIpc) is 3.22. The first-order valence-corrected chi connectivity index (χ1v) is 11.9. The van der Waals surface area contributed by atoms with Crippen molar-refractivity contribution >= 4 is 29.8 Å². The van der Waals surface area contributed by atoms with E-state index in [0.717, 1.165) is 22.3 Å². The predicted octanol–water partition coefficient (Wildman–Crippen LogP) is 0.709. The molecule has 4 amide bonds. The van der Waals surface area contributed by atoms with Gasteiger partial charge in [0.1, 0.15) is 32.0 Å². The lowest BCUT2D eigenvalue weighted by atomic mass is 9.98. The molecule has 2 aromatic rings. The third-order valence-corrected chi connectivity index (χ3v) is 5.84. The van der Waals surface area contributed by atoms with E-state index in [4.69, 9.17) is 9.84 Å². The number of carboxylic acid groups (broad SMARTS) is 1. The summed E-state index contributed by atoms with van der Waals surface area (Å²) in [5.41, 5.74) is 4.32. The Morgan fingerprint density at radius 1 is 0.842 bits per heavy atom. The topological polar surface area (TPSA) is 172 Å². The second-order valence-electron chi connectivity index (χ2n) is 8.63. The van der Waals surface area contributed by atoms with Crippen molar-refractivity contribution in [3.8, 4) is 11.1 Å². The molecule has 0 aliphatic heterocycles. The normalized spacial score (nSPS) is 13.3. The number of carboxylic acids is 1. The van der Waals surface area contributed by atoms with Crippen LogP contribution in [0.5, 0.6) is 0 Å². The molecule has 3 rings (SSSR count). The van der Waals surface area contributed by atoms with Crippen molar-refractivity contribution in [2.45, 2.75) is 31.8 Å². The van der Waals surface area contributed by atoms with Gasteiger partial charge in [-0.25, -0.2) is 9.59 Å². The number of nitrogens with one attached hydrogen (secondary N) is 4. The molecule has 2 atom stereocenters. The fourth-order valence-electron chi connectivity index (χ4n) is 3.94. The highest BCUT2D eigenvalue weighted by molar-refractivity contribution is 5.92. The molecule has 0 fully saturated rings. The van der Waals surface area contributed by atoms with E-state index in [1.54, 1.807) is 0 Å². The standard InChI is InChI=1S/C26H30N4O8/c1-15(24(34)27-11-22(31)28-14-37-13-23(32)33)29-25(35)16(2)30-26(36)38-12-21-19-9-5-3-7-17(19)18-8-4-6-10-20(18)21/h3-10,15-16,21H,11-14H2,1-2H3,(H,27,34)(H,28,31)(H,29,35)(H,30,36)(H,32,33)/t15-,16-/m0/s1. The van der Waals surface area contributed by atoms with Gasteiger partial charge in [-0.05, 0) is 36.1 Å². The van der Waals surface area contributed by atoms with Gasteiger partial charge in [0.15, 0.2) is 0 Å². The molecule has 38 heavy (non-hydrogen) atoms. The number of carbonyl (C=O) groups is 5.